The molecule has 1 fully saturated rings. The molecule has 6 aromatic rings. The lowest BCUT2D eigenvalue weighted by Gasteiger charge is -2.29. The minimum Gasteiger partial charge on any atom is -0.372 e. The van der Waals surface area contributed by atoms with Crippen LogP contribution in [0.3, 0.4) is 0 Å². The van der Waals surface area contributed by atoms with Crippen LogP contribution in [-0.2, 0) is 33.4 Å². The molecule has 7 rings (SSSR count). The topological polar surface area (TPSA) is 154 Å². The molecule has 1 aliphatic rings. The van der Waals surface area contributed by atoms with Crippen LogP contribution in [0.15, 0.2) is 87.8 Å². The molecule has 0 saturated carbocycles. The predicted molar refractivity (Wildman–Crippen MR) is 209 cm³/mol. The van der Waals surface area contributed by atoms with Crippen LogP contribution in [0.4, 0.5) is 24.5 Å². The van der Waals surface area contributed by atoms with Crippen LogP contribution in [0.1, 0.15) is 62.4 Å². The van der Waals surface area contributed by atoms with E-state index in [0.29, 0.717) is 16.8 Å². The standard InChI is InChI=1S/C39H36ClF3N10O4/c1-49-23-45-35-34(49)37(56)53(38(57)50(35)2)22-27-21-52(48-47-27)20-25-7-6-8-26(15-25)36(55)46-32-12-10-28(51-13-4-3-5-14-51)17-29(32)33(54)19-44-18-24-9-11-31(40)30(16-24)39(41,42)43/h6-12,15-18,21,23H,3-5,13-14,19-20,22H2,1-2H3,(H,46,55). The predicted octanol–water partition coefficient (Wildman–Crippen LogP) is 5.34. The smallest absolute Gasteiger partial charge is 0.372 e. The van der Waals surface area contributed by atoms with Gasteiger partial charge in [-0.25, -0.2) is 14.5 Å². The number of rotatable bonds is 11. The first kappa shape index (κ1) is 38.9. The number of hydrogen-bond acceptors (Lipinski definition) is 9. The fourth-order valence-corrected chi connectivity index (χ4v) is 6.98. The molecule has 57 heavy (non-hydrogen) atoms. The molecule has 1 N–H and O–H groups in total. The van der Waals surface area contributed by atoms with Crippen molar-refractivity contribution in [2.24, 2.45) is 19.1 Å². The zero-order valence-corrected chi connectivity index (χ0v) is 31.6. The lowest BCUT2D eigenvalue weighted by molar-refractivity contribution is -0.137. The van der Waals surface area contributed by atoms with Gasteiger partial charge in [-0.3, -0.25) is 28.5 Å². The first-order valence-electron chi connectivity index (χ1n) is 18.0. The molecule has 1 saturated heterocycles. The number of benzene rings is 3. The van der Waals surface area contributed by atoms with Crippen molar-refractivity contribution in [1.29, 1.82) is 0 Å². The average Bonchev–Trinajstić information content (AvgIpc) is 3.82. The highest BCUT2D eigenvalue weighted by Crippen LogP contribution is 2.35. The van der Waals surface area contributed by atoms with Crippen molar-refractivity contribution in [2.75, 3.05) is 29.9 Å². The molecule has 0 aliphatic carbocycles. The number of ketones is 1. The molecule has 1 amide bonds. The van der Waals surface area contributed by atoms with Crippen molar-refractivity contribution in [3.05, 3.63) is 133 Å². The van der Waals surface area contributed by atoms with Gasteiger partial charge in [-0.15, -0.1) is 5.10 Å². The quantitative estimate of drug-likeness (QED) is 0.136. The summed E-state index contributed by atoms with van der Waals surface area (Å²) in [7, 11) is 3.21. The first-order chi connectivity index (χ1) is 27.3. The highest BCUT2D eigenvalue weighted by molar-refractivity contribution is 6.31. The number of nitrogens with zero attached hydrogens (tertiary/aromatic N) is 9. The molecule has 14 nitrogen and oxygen atoms in total. The summed E-state index contributed by atoms with van der Waals surface area (Å²) in [4.78, 5) is 63.8. The van der Waals surface area contributed by atoms with E-state index >= 15 is 0 Å². The minimum absolute atomic E-state index is 0.113. The molecule has 0 radical (unpaired) electrons. The molecular formula is C39H36ClF3N10O4. The van der Waals surface area contributed by atoms with E-state index in [4.69, 9.17) is 11.6 Å². The van der Waals surface area contributed by atoms with E-state index in [1.165, 1.54) is 34.9 Å². The van der Waals surface area contributed by atoms with E-state index < -0.39 is 39.7 Å². The van der Waals surface area contributed by atoms with Crippen LogP contribution in [0.25, 0.3) is 11.2 Å². The Hall–Kier alpha value is -6.36. The van der Waals surface area contributed by atoms with Crippen molar-refractivity contribution < 1.29 is 22.8 Å². The number of carbonyl (C=O) groups excluding carboxylic acids is 2. The lowest BCUT2D eigenvalue weighted by atomic mass is 10.0. The number of amides is 1. The molecular weight excluding hydrogens is 765 g/mol. The van der Waals surface area contributed by atoms with Gasteiger partial charge in [0.2, 0.25) is 0 Å². The Bertz CT molecular complexity index is 2660. The number of carbonyl (C=O) groups is 2. The fraction of sp³-hybridized carbons (Fsp3) is 0.282. The lowest BCUT2D eigenvalue weighted by Crippen LogP contribution is -2.39. The number of nitrogens with one attached hydrogen (secondary N) is 1. The maximum atomic E-state index is 13.6. The molecule has 0 atom stereocenters. The number of aromatic nitrogens is 7. The van der Waals surface area contributed by atoms with E-state index in [1.807, 2.05) is 6.07 Å². The Kier molecular flexibility index (Phi) is 10.9. The van der Waals surface area contributed by atoms with Gasteiger partial charge in [-0.1, -0.05) is 35.0 Å². The summed E-state index contributed by atoms with van der Waals surface area (Å²) in [6, 6.07) is 15.4. The Morgan fingerprint density at radius 3 is 2.54 bits per heavy atom. The van der Waals surface area contributed by atoms with E-state index in [0.717, 1.165) is 54.7 Å². The molecule has 0 unspecified atom stereocenters. The molecule has 3 aromatic heterocycles. The van der Waals surface area contributed by atoms with Gasteiger partial charge in [0.25, 0.3) is 11.5 Å². The second-order valence-corrected chi connectivity index (χ2v) is 14.1. The van der Waals surface area contributed by atoms with Gasteiger partial charge in [-0.05, 0) is 72.9 Å². The fourth-order valence-electron chi connectivity index (χ4n) is 6.76. The number of Topliss-reactive ketones (excluding diaryl/α,β-unsaturated/α-hetero) is 1. The van der Waals surface area contributed by atoms with Crippen LogP contribution >= 0.6 is 11.6 Å². The minimum atomic E-state index is -4.65. The van der Waals surface area contributed by atoms with Crippen LogP contribution in [0.2, 0.25) is 5.02 Å². The third-order valence-electron chi connectivity index (χ3n) is 9.68. The van der Waals surface area contributed by atoms with E-state index in [2.05, 4.69) is 30.5 Å². The van der Waals surface area contributed by atoms with Gasteiger partial charge in [0, 0.05) is 50.2 Å². The number of hydrogen-bond donors (Lipinski definition) is 1. The Labute approximate surface area is 327 Å². The van der Waals surface area contributed by atoms with Gasteiger partial charge in [0.15, 0.2) is 16.9 Å². The van der Waals surface area contributed by atoms with Gasteiger partial charge < -0.3 is 14.8 Å². The summed E-state index contributed by atoms with van der Waals surface area (Å²) in [6.45, 7) is 1.35. The number of piperidine rings is 1. The average molecular weight is 801 g/mol. The van der Waals surface area contributed by atoms with Crippen molar-refractivity contribution in [1.82, 2.24) is 33.7 Å². The van der Waals surface area contributed by atoms with Gasteiger partial charge >= 0.3 is 11.9 Å². The van der Waals surface area contributed by atoms with Crippen LogP contribution in [-0.4, -0.2) is 71.2 Å². The third kappa shape index (κ3) is 8.42. The molecule has 0 bridgehead atoms. The summed E-state index contributed by atoms with van der Waals surface area (Å²) in [5, 5.41) is 10.7. The SMILES string of the molecule is Cn1cnc2c1c(=O)n(Cc1cn(Cc3cccc(C(=O)Nc4ccc(N5CCCCC5)cc4C(=O)CN=Cc4ccc(Cl)c(C(F)(F)F)c4)c3)nn1)c(=O)n2C. The Balaban J connectivity index is 1.07. The molecule has 0 spiro atoms. The maximum Gasteiger partial charge on any atom is 0.417 e. The number of fused-ring (bicyclic) bond motifs is 1. The van der Waals surface area contributed by atoms with Crippen molar-refractivity contribution in [2.45, 2.75) is 38.5 Å². The second-order valence-electron chi connectivity index (χ2n) is 13.7. The summed E-state index contributed by atoms with van der Waals surface area (Å²) >= 11 is 5.74. The van der Waals surface area contributed by atoms with Crippen LogP contribution in [0.5, 0.6) is 0 Å². The highest BCUT2D eigenvalue weighted by atomic mass is 35.5. The van der Waals surface area contributed by atoms with Crippen LogP contribution < -0.4 is 21.5 Å². The first-order valence-corrected chi connectivity index (χ1v) is 18.3. The number of anilines is 2. The summed E-state index contributed by atoms with van der Waals surface area (Å²) in [5.74, 6) is -0.928. The summed E-state index contributed by atoms with van der Waals surface area (Å²) < 4.78 is 45.6. The molecule has 3 aromatic carbocycles. The normalized spacial score (nSPS) is 13.5. The highest BCUT2D eigenvalue weighted by Gasteiger charge is 2.33. The Morgan fingerprint density at radius 2 is 1.77 bits per heavy atom. The Morgan fingerprint density at radius 1 is 0.982 bits per heavy atom. The molecule has 4 heterocycles. The zero-order chi connectivity index (χ0) is 40.4. The largest absolute Gasteiger partial charge is 0.417 e. The number of aliphatic imine (C=N–C) groups is 1. The number of alkyl halides is 3. The number of halogens is 4. The van der Waals surface area contributed by atoms with E-state index in [1.54, 1.807) is 54.2 Å². The molecule has 18 heteroatoms. The molecule has 294 valence electrons. The monoisotopic (exact) mass is 800 g/mol. The number of aryl methyl sites for hydroxylation is 2. The summed E-state index contributed by atoms with van der Waals surface area (Å²) in [5.41, 5.74) is 1.28. The summed E-state index contributed by atoms with van der Waals surface area (Å²) in [6.07, 6.45) is 2.72. The third-order valence-corrected chi connectivity index (χ3v) is 10.0. The number of imidazole rings is 1. The van der Waals surface area contributed by atoms with E-state index in [9.17, 15) is 32.3 Å². The van der Waals surface area contributed by atoms with Crippen molar-refractivity contribution in [3.63, 3.8) is 0 Å². The molecule has 1 aliphatic heterocycles. The van der Waals surface area contributed by atoms with Crippen molar-refractivity contribution in [3.8, 4) is 0 Å². The second kappa shape index (κ2) is 16.0. The van der Waals surface area contributed by atoms with E-state index in [-0.39, 0.29) is 47.6 Å². The van der Waals surface area contributed by atoms with Gasteiger partial charge in [0.05, 0.1) is 41.9 Å². The van der Waals surface area contributed by atoms with Gasteiger partial charge in [-0.2, -0.15) is 13.2 Å². The van der Waals surface area contributed by atoms with Crippen LogP contribution in [0, 0.1) is 0 Å². The van der Waals surface area contributed by atoms with Crippen molar-refractivity contribution >= 4 is 52.0 Å². The van der Waals surface area contributed by atoms with Gasteiger partial charge in [0.1, 0.15) is 12.2 Å². The zero-order valence-electron chi connectivity index (χ0n) is 30.8. The maximum absolute atomic E-state index is 13.6.